The van der Waals surface area contributed by atoms with E-state index in [1.807, 2.05) is 6.92 Å². The summed E-state index contributed by atoms with van der Waals surface area (Å²) in [4.78, 5) is 39.1. The molecule has 1 unspecified atom stereocenters. The number of rotatable bonds is 9. The summed E-state index contributed by atoms with van der Waals surface area (Å²) in [5.74, 6) is -1.33. The van der Waals surface area contributed by atoms with Gasteiger partial charge in [-0.25, -0.2) is 4.98 Å². The van der Waals surface area contributed by atoms with E-state index in [0.29, 0.717) is 17.9 Å². The van der Waals surface area contributed by atoms with E-state index in [4.69, 9.17) is 4.74 Å². The molecule has 0 saturated carbocycles. The zero-order valence-electron chi connectivity index (χ0n) is 17.0. The maximum absolute atomic E-state index is 12.2. The minimum Gasteiger partial charge on any atom is -0.507 e. The van der Waals surface area contributed by atoms with Gasteiger partial charge in [-0.15, -0.1) is 0 Å². The van der Waals surface area contributed by atoms with Gasteiger partial charge in [0.1, 0.15) is 30.0 Å². The van der Waals surface area contributed by atoms with Crippen LogP contribution in [0.15, 0.2) is 30.3 Å². The van der Waals surface area contributed by atoms with Gasteiger partial charge < -0.3 is 25.0 Å². The molecule has 0 bridgehead atoms. The van der Waals surface area contributed by atoms with Crippen LogP contribution >= 0.6 is 0 Å². The number of carbonyl (C=O) groups is 3. The zero-order valence-corrected chi connectivity index (χ0v) is 17.0. The maximum Gasteiger partial charge on any atom is 0.310 e. The van der Waals surface area contributed by atoms with Gasteiger partial charge in [-0.3, -0.25) is 14.4 Å². The third-order valence-corrected chi connectivity index (χ3v) is 4.24. The fourth-order valence-electron chi connectivity index (χ4n) is 2.66. The molecule has 0 aliphatic heterocycles. The van der Waals surface area contributed by atoms with Gasteiger partial charge in [-0.1, -0.05) is 13.0 Å². The molecule has 9 heteroatoms. The fourth-order valence-corrected chi connectivity index (χ4v) is 2.66. The van der Waals surface area contributed by atoms with Crippen molar-refractivity contribution in [1.29, 1.82) is 0 Å². The summed E-state index contributed by atoms with van der Waals surface area (Å²) >= 11 is 0. The number of phenols is 1. The van der Waals surface area contributed by atoms with E-state index >= 15 is 0 Å². The van der Waals surface area contributed by atoms with Crippen molar-refractivity contribution in [3.05, 3.63) is 52.8 Å². The van der Waals surface area contributed by atoms with Crippen LogP contribution in [0.25, 0.3) is 0 Å². The quantitative estimate of drug-likeness (QED) is 0.320. The van der Waals surface area contributed by atoms with Crippen molar-refractivity contribution < 1.29 is 34.1 Å². The monoisotopic (exact) mass is 416 g/mol. The number of Topliss-reactive ketones (excluding diaryl/α,β-unsaturated/α-hetero) is 1. The molecule has 9 nitrogen and oxygen atoms in total. The van der Waals surface area contributed by atoms with Crippen LogP contribution in [0.4, 0.5) is 0 Å². The number of aryl methyl sites for hydroxylation is 1. The van der Waals surface area contributed by atoms with Crippen molar-refractivity contribution >= 4 is 17.7 Å². The molecular formula is C21H24N2O7. The average Bonchev–Trinajstić information content (AvgIpc) is 2.71. The molecule has 1 aromatic carbocycles. The number of phenolic OH excluding ortho intramolecular Hbond substituents is 1. The largest absolute Gasteiger partial charge is 0.507 e. The summed E-state index contributed by atoms with van der Waals surface area (Å²) in [7, 11) is 1.18. The van der Waals surface area contributed by atoms with Crippen LogP contribution in [0, 0.1) is 0 Å². The van der Waals surface area contributed by atoms with Gasteiger partial charge >= 0.3 is 5.97 Å². The summed E-state index contributed by atoms with van der Waals surface area (Å²) in [6.45, 7) is 3.28. The van der Waals surface area contributed by atoms with E-state index in [-0.39, 0.29) is 35.8 Å². The lowest BCUT2D eigenvalue weighted by Gasteiger charge is -2.14. The standard InChI is InChI=1S/C21H24N2O7/c1-4-13-8-15(12(2)24)17(25)9-18(13)30-11-14-6-5-7-16(22-14)21(28)23-19(26)10-20(27)29-3/h5-9,19,25-26H,4,10-11H2,1-3H3,(H,23,28). The van der Waals surface area contributed by atoms with Crippen LogP contribution in [-0.4, -0.2) is 46.2 Å². The molecule has 0 aliphatic rings. The number of pyridine rings is 1. The van der Waals surface area contributed by atoms with Crippen LogP contribution in [0.2, 0.25) is 0 Å². The number of nitrogens with zero attached hydrogens (tertiary/aromatic N) is 1. The Hall–Kier alpha value is -3.46. The molecule has 2 aromatic rings. The van der Waals surface area contributed by atoms with E-state index in [9.17, 15) is 24.6 Å². The highest BCUT2D eigenvalue weighted by atomic mass is 16.5. The van der Waals surface area contributed by atoms with Gasteiger partial charge in [0, 0.05) is 6.07 Å². The molecule has 1 amide bonds. The summed E-state index contributed by atoms with van der Waals surface area (Å²) in [5, 5.41) is 22.0. The van der Waals surface area contributed by atoms with Gasteiger partial charge in [0.2, 0.25) is 0 Å². The van der Waals surface area contributed by atoms with Gasteiger partial charge in [0.05, 0.1) is 24.8 Å². The number of benzene rings is 1. The molecule has 0 saturated heterocycles. The van der Waals surface area contributed by atoms with E-state index in [1.165, 1.54) is 26.2 Å². The second-order valence-corrected chi connectivity index (χ2v) is 6.46. The molecule has 160 valence electrons. The van der Waals surface area contributed by atoms with Crippen molar-refractivity contribution in [1.82, 2.24) is 10.3 Å². The number of aliphatic hydroxyl groups is 1. The Bertz CT molecular complexity index is 943. The number of carbonyl (C=O) groups excluding carboxylic acids is 3. The number of aromatic hydroxyl groups is 1. The fraction of sp³-hybridized carbons (Fsp3) is 0.333. The number of aliphatic hydroxyl groups excluding tert-OH is 1. The lowest BCUT2D eigenvalue weighted by molar-refractivity contribution is -0.143. The smallest absolute Gasteiger partial charge is 0.310 e. The third-order valence-electron chi connectivity index (χ3n) is 4.24. The first-order valence-corrected chi connectivity index (χ1v) is 9.26. The molecule has 1 heterocycles. The first-order chi connectivity index (χ1) is 14.2. The lowest BCUT2D eigenvalue weighted by Crippen LogP contribution is -2.37. The molecule has 3 N–H and O–H groups in total. The van der Waals surface area contributed by atoms with Gasteiger partial charge in [-0.05, 0) is 37.1 Å². The molecular weight excluding hydrogens is 392 g/mol. The Morgan fingerprint density at radius 2 is 1.97 bits per heavy atom. The normalized spacial score (nSPS) is 11.5. The highest BCUT2D eigenvalue weighted by Crippen LogP contribution is 2.29. The van der Waals surface area contributed by atoms with Crippen LogP contribution in [0.3, 0.4) is 0 Å². The van der Waals surface area contributed by atoms with Crippen molar-refractivity contribution in [2.24, 2.45) is 0 Å². The van der Waals surface area contributed by atoms with Crippen molar-refractivity contribution in [2.75, 3.05) is 7.11 Å². The molecule has 30 heavy (non-hydrogen) atoms. The van der Waals surface area contributed by atoms with E-state index in [2.05, 4.69) is 15.0 Å². The summed E-state index contributed by atoms with van der Waals surface area (Å²) < 4.78 is 10.2. The second kappa shape index (κ2) is 10.4. The molecule has 1 atom stereocenters. The van der Waals surface area contributed by atoms with Gasteiger partial charge in [0.15, 0.2) is 5.78 Å². The Labute approximate surface area is 173 Å². The van der Waals surface area contributed by atoms with E-state index in [1.54, 1.807) is 18.2 Å². The predicted molar refractivity (Wildman–Crippen MR) is 106 cm³/mol. The van der Waals surface area contributed by atoms with Crippen LogP contribution in [0.5, 0.6) is 11.5 Å². The number of esters is 1. The Morgan fingerprint density at radius 1 is 1.23 bits per heavy atom. The number of ketones is 1. The molecule has 2 rings (SSSR count). The summed E-state index contributed by atoms with van der Waals surface area (Å²) in [5.41, 5.74) is 1.44. The molecule has 0 radical (unpaired) electrons. The van der Waals surface area contributed by atoms with Gasteiger partial charge in [0.25, 0.3) is 5.91 Å². The molecule has 0 fully saturated rings. The summed E-state index contributed by atoms with van der Waals surface area (Å²) in [6.07, 6.45) is -1.20. The van der Waals surface area contributed by atoms with Crippen molar-refractivity contribution in [3.63, 3.8) is 0 Å². The minimum atomic E-state index is -1.40. The topological polar surface area (TPSA) is 135 Å². The molecule has 0 aliphatic carbocycles. The minimum absolute atomic E-state index is 0.0116. The average molecular weight is 416 g/mol. The SMILES string of the molecule is CCc1cc(C(C)=O)c(O)cc1OCc1cccc(C(=O)NC(O)CC(=O)OC)n1. The first kappa shape index (κ1) is 22.8. The van der Waals surface area contributed by atoms with Crippen molar-refractivity contribution in [2.45, 2.75) is 39.5 Å². The predicted octanol–water partition coefficient (Wildman–Crippen LogP) is 1.74. The van der Waals surface area contributed by atoms with Crippen molar-refractivity contribution in [3.8, 4) is 11.5 Å². The molecule has 0 spiro atoms. The Kier molecular flexibility index (Phi) is 7.88. The lowest BCUT2D eigenvalue weighted by atomic mass is 10.0. The Balaban J connectivity index is 2.09. The van der Waals surface area contributed by atoms with Gasteiger partial charge in [-0.2, -0.15) is 0 Å². The summed E-state index contributed by atoms with van der Waals surface area (Å²) in [6, 6.07) is 7.68. The highest BCUT2D eigenvalue weighted by molar-refractivity contribution is 5.97. The van der Waals surface area contributed by atoms with Crippen LogP contribution in [-0.2, 0) is 22.6 Å². The number of methoxy groups -OCH3 is 1. The number of hydrogen-bond donors (Lipinski definition) is 3. The van der Waals surface area contributed by atoms with E-state index in [0.717, 1.165) is 5.56 Å². The number of ether oxygens (including phenoxy) is 2. The zero-order chi connectivity index (χ0) is 22.3. The Morgan fingerprint density at radius 3 is 2.60 bits per heavy atom. The van der Waals surface area contributed by atoms with E-state index < -0.39 is 18.1 Å². The number of aromatic nitrogens is 1. The van der Waals surface area contributed by atoms with Crippen LogP contribution < -0.4 is 10.1 Å². The maximum atomic E-state index is 12.2. The number of hydrogen-bond acceptors (Lipinski definition) is 8. The highest BCUT2D eigenvalue weighted by Gasteiger charge is 2.17. The third kappa shape index (κ3) is 6.02. The van der Waals surface area contributed by atoms with Crippen LogP contribution in [0.1, 0.15) is 52.4 Å². The molecule has 1 aromatic heterocycles. The number of nitrogens with one attached hydrogen (secondary N) is 1. The first-order valence-electron chi connectivity index (χ1n) is 9.26. The second-order valence-electron chi connectivity index (χ2n) is 6.46. The number of amides is 1.